The molecule has 0 aliphatic heterocycles. The summed E-state index contributed by atoms with van der Waals surface area (Å²) in [5.74, 6) is 0. The van der Waals surface area contributed by atoms with Crippen LogP contribution in [-0.2, 0) is 0 Å². The van der Waals surface area contributed by atoms with Crippen LogP contribution in [0.4, 0.5) is 0 Å². The van der Waals surface area contributed by atoms with E-state index < -0.39 is 0 Å². The zero-order chi connectivity index (χ0) is 6.53. The number of nitrogens with two attached hydrogens (primary N) is 1. The van der Waals surface area contributed by atoms with Crippen molar-refractivity contribution in [3.8, 4) is 0 Å². The number of hydrogen-bond donors (Lipinski definition) is 1. The quantitative estimate of drug-likeness (QED) is 0.586. The molecular formula is C7H11NS. The van der Waals surface area contributed by atoms with Crippen LogP contribution in [-0.4, -0.2) is 6.04 Å². The van der Waals surface area contributed by atoms with E-state index in [-0.39, 0.29) is 0 Å². The van der Waals surface area contributed by atoms with Gasteiger partial charge in [-0.1, -0.05) is 12.1 Å². The molecule has 1 aromatic rings. The van der Waals surface area contributed by atoms with E-state index in [4.69, 9.17) is 5.73 Å². The van der Waals surface area contributed by atoms with Crippen molar-refractivity contribution in [3.05, 3.63) is 22.9 Å². The topological polar surface area (TPSA) is 26.0 Å². The fourth-order valence-electron chi connectivity index (χ4n) is 0.323. The largest absolute Gasteiger partial charge is 0.328 e. The van der Waals surface area contributed by atoms with Crippen LogP contribution in [0.2, 0.25) is 0 Å². The minimum absolute atomic E-state index is 0.583. The molecule has 0 unspecified atom stereocenters. The van der Waals surface area contributed by atoms with Gasteiger partial charge in [-0.2, -0.15) is 11.3 Å². The molecule has 1 aliphatic rings. The van der Waals surface area contributed by atoms with Crippen LogP contribution >= 0.6 is 11.3 Å². The highest BCUT2D eigenvalue weighted by Crippen LogP contribution is 2.13. The fraction of sp³-hybridized carbons (Fsp3) is 0.429. The molecule has 0 bridgehead atoms. The van der Waals surface area contributed by atoms with E-state index in [1.165, 1.54) is 12.8 Å². The van der Waals surface area contributed by atoms with Crippen molar-refractivity contribution in [2.75, 3.05) is 0 Å². The Morgan fingerprint density at radius 1 is 1.22 bits per heavy atom. The lowest BCUT2D eigenvalue weighted by atomic mass is 10.7. The van der Waals surface area contributed by atoms with Crippen molar-refractivity contribution in [1.82, 2.24) is 0 Å². The van der Waals surface area contributed by atoms with Crippen LogP contribution in [0.3, 0.4) is 0 Å². The summed E-state index contributed by atoms with van der Waals surface area (Å²) >= 11 is 1.71. The molecule has 1 heterocycles. The lowest BCUT2D eigenvalue weighted by molar-refractivity contribution is 1.07. The van der Waals surface area contributed by atoms with Gasteiger partial charge in [0.2, 0.25) is 0 Å². The van der Waals surface area contributed by atoms with Gasteiger partial charge < -0.3 is 5.73 Å². The van der Waals surface area contributed by atoms with Crippen LogP contribution in [0, 0.1) is 0 Å². The first-order valence-corrected chi connectivity index (χ1v) is 4.06. The smallest absolute Gasteiger partial charge is 0.00399 e. The molecular weight excluding hydrogens is 130 g/mol. The molecule has 0 saturated heterocycles. The third-order valence-corrected chi connectivity index (χ3v) is 1.68. The van der Waals surface area contributed by atoms with Crippen LogP contribution in [0.1, 0.15) is 12.8 Å². The van der Waals surface area contributed by atoms with E-state index >= 15 is 0 Å². The monoisotopic (exact) mass is 141 g/mol. The summed E-state index contributed by atoms with van der Waals surface area (Å²) in [5.41, 5.74) is 5.22. The molecule has 50 valence electrons. The van der Waals surface area contributed by atoms with Gasteiger partial charge in [0.1, 0.15) is 0 Å². The Hall–Kier alpha value is -0.340. The van der Waals surface area contributed by atoms with E-state index in [9.17, 15) is 0 Å². The van der Waals surface area contributed by atoms with Gasteiger partial charge in [0, 0.05) is 6.04 Å². The van der Waals surface area contributed by atoms with Crippen molar-refractivity contribution in [1.29, 1.82) is 0 Å². The predicted octanol–water partition coefficient (Wildman–Crippen LogP) is 1.86. The Kier molecular flexibility index (Phi) is 2.74. The summed E-state index contributed by atoms with van der Waals surface area (Å²) in [7, 11) is 0. The first kappa shape index (κ1) is 6.78. The summed E-state index contributed by atoms with van der Waals surface area (Å²) in [5, 5.41) is 4.08. The molecule has 0 radical (unpaired) electrons. The molecule has 9 heavy (non-hydrogen) atoms. The molecule has 1 nitrogen and oxygen atoms in total. The maximum Gasteiger partial charge on any atom is 0.00399 e. The highest BCUT2D eigenvalue weighted by atomic mass is 32.1. The van der Waals surface area contributed by atoms with Gasteiger partial charge in [0.15, 0.2) is 0 Å². The number of thiophene rings is 1. The van der Waals surface area contributed by atoms with Gasteiger partial charge in [-0.05, 0) is 23.6 Å². The molecule has 1 saturated carbocycles. The van der Waals surface area contributed by atoms with Crippen LogP contribution < -0.4 is 5.73 Å². The van der Waals surface area contributed by atoms with Gasteiger partial charge in [0.05, 0.1) is 0 Å². The third-order valence-electron chi connectivity index (χ3n) is 1.05. The Balaban J connectivity index is 0.0000000922. The highest BCUT2D eigenvalue weighted by molar-refractivity contribution is 7.07. The Morgan fingerprint density at radius 2 is 1.67 bits per heavy atom. The summed E-state index contributed by atoms with van der Waals surface area (Å²) in [4.78, 5) is 0. The third kappa shape index (κ3) is 4.18. The molecule has 0 atom stereocenters. The minimum Gasteiger partial charge on any atom is -0.328 e. The first-order chi connectivity index (χ1) is 4.39. The molecule has 1 fully saturated rings. The first-order valence-electron chi connectivity index (χ1n) is 3.12. The highest BCUT2D eigenvalue weighted by Gasteiger charge is 2.13. The van der Waals surface area contributed by atoms with Crippen molar-refractivity contribution >= 4 is 11.3 Å². The zero-order valence-electron chi connectivity index (χ0n) is 5.29. The van der Waals surface area contributed by atoms with Gasteiger partial charge in [-0.3, -0.25) is 0 Å². The SMILES string of the molecule is NC1CC1.c1ccsc1. The van der Waals surface area contributed by atoms with E-state index in [0.29, 0.717) is 6.04 Å². The summed E-state index contributed by atoms with van der Waals surface area (Å²) < 4.78 is 0. The van der Waals surface area contributed by atoms with Gasteiger partial charge >= 0.3 is 0 Å². The standard InChI is InChI=1S/C4H4S.C3H7N/c1-2-4-5-3-1;4-3-1-2-3/h1-4H;3H,1-2,4H2. The summed E-state index contributed by atoms with van der Waals surface area (Å²) in [6.07, 6.45) is 2.53. The molecule has 1 aliphatic carbocycles. The summed E-state index contributed by atoms with van der Waals surface area (Å²) in [6.45, 7) is 0. The second kappa shape index (κ2) is 3.64. The minimum atomic E-state index is 0.583. The van der Waals surface area contributed by atoms with Crippen molar-refractivity contribution in [2.24, 2.45) is 5.73 Å². The predicted molar refractivity (Wildman–Crippen MR) is 41.5 cm³/mol. The van der Waals surface area contributed by atoms with E-state index in [1.54, 1.807) is 11.3 Å². The number of hydrogen-bond acceptors (Lipinski definition) is 2. The average Bonchev–Trinajstić information content (AvgIpc) is 2.52. The molecule has 2 rings (SSSR count). The second-order valence-electron chi connectivity index (χ2n) is 2.13. The molecule has 2 N–H and O–H groups in total. The Bertz CT molecular complexity index is 115. The van der Waals surface area contributed by atoms with E-state index in [2.05, 4.69) is 0 Å². The lowest BCUT2D eigenvalue weighted by Crippen LogP contribution is -1.94. The Labute approximate surface area is 59.5 Å². The lowest BCUT2D eigenvalue weighted by Gasteiger charge is -1.58. The molecule has 0 spiro atoms. The molecule has 2 heteroatoms. The fourth-order valence-corrected chi connectivity index (χ4v) is 0.777. The van der Waals surface area contributed by atoms with Crippen LogP contribution in [0.25, 0.3) is 0 Å². The maximum absolute atomic E-state index is 5.22. The van der Waals surface area contributed by atoms with Crippen LogP contribution in [0.15, 0.2) is 22.9 Å². The van der Waals surface area contributed by atoms with E-state index in [1.807, 2.05) is 22.9 Å². The zero-order valence-corrected chi connectivity index (χ0v) is 6.10. The normalized spacial score (nSPS) is 16.1. The van der Waals surface area contributed by atoms with Crippen LogP contribution in [0.5, 0.6) is 0 Å². The van der Waals surface area contributed by atoms with Gasteiger partial charge in [-0.25, -0.2) is 0 Å². The molecule has 1 aromatic heterocycles. The van der Waals surface area contributed by atoms with Gasteiger partial charge in [0.25, 0.3) is 0 Å². The van der Waals surface area contributed by atoms with Crippen molar-refractivity contribution in [3.63, 3.8) is 0 Å². The summed E-state index contributed by atoms with van der Waals surface area (Å²) in [6, 6.07) is 4.62. The van der Waals surface area contributed by atoms with Crippen molar-refractivity contribution in [2.45, 2.75) is 18.9 Å². The average molecular weight is 141 g/mol. The van der Waals surface area contributed by atoms with Gasteiger partial charge in [-0.15, -0.1) is 0 Å². The molecule has 0 amide bonds. The molecule has 0 aromatic carbocycles. The Morgan fingerprint density at radius 3 is 1.78 bits per heavy atom. The number of rotatable bonds is 0. The maximum atomic E-state index is 5.22. The van der Waals surface area contributed by atoms with Crippen molar-refractivity contribution < 1.29 is 0 Å². The second-order valence-corrected chi connectivity index (χ2v) is 2.95. The van der Waals surface area contributed by atoms with E-state index in [0.717, 1.165) is 0 Å².